The largest absolute Gasteiger partial charge is 0.496 e. The number of benzene rings is 1. The smallest absolute Gasteiger partial charge is 0.319 e. The maximum absolute atomic E-state index is 11.5. The molecule has 1 aromatic rings. The summed E-state index contributed by atoms with van der Waals surface area (Å²) >= 11 is 0. The zero-order chi connectivity index (χ0) is 13.3. The van der Waals surface area contributed by atoms with Crippen molar-refractivity contribution in [2.45, 2.75) is 12.3 Å². The molecule has 1 fully saturated rings. The van der Waals surface area contributed by atoms with Crippen LogP contribution in [0.2, 0.25) is 0 Å². The minimum atomic E-state index is -1.02. The number of aliphatic carboxylic acids is 1. The van der Waals surface area contributed by atoms with Crippen molar-refractivity contribution < 1.29 is 24.1 Å². The lowest BCUT2D eigenvalue weighted by Crippen LogP contribution is -2.53. The van der Waals surface area contributed by atoms with Gasteiger partial charge in [-0.25, -0.2) is 0 Å². The molecule has 0 bridgehead atoms. The lowest BCUT2D eigenvalue weighted by molar-refractivity contribution is -0.163. The average Bonchev–Trinajstić information content (AvgIpc) is 2.28. The first-order valence-electron chi connectivity index (χ1n) is 5.59. The van der Waals surface area contributed by atoms with Crippen molar-refractivity contribution in [2.75, 3.05) is 27.4 Å². The van der Waals surface area contributed by atoms with Crippen LogP contribution < -0.4 is 9.47 Å². The Morgan fingerprint density at radius 1 is 1.28 bits per heavy atom. The molecule has 18 heavy (non-hydrogen) atoms. The summed E-state index contributed by atoms with van der Waals surface area (Å²) in [4.78, 5) is 11.5. The van der Waals surface area contributed by atoms with Crippen LogP contribution in [0.4, 0.5) is 0 Å². The second-order valence-corrected chi connectivity index (χ2v) is 4.40. The van der Waals surface area contributed by atoms with Crippen LogP contribution in [0.15, 0.2) is 12.1 Å². The molecule has 0 aliphatic carbocycles. The Morgan fingerprint density at radius 3 is 2.28 bits per heavy atom. The van der Waals surface area contributed by atoms with Gasteiger partial charge >= 0.3 is 5.97 Å². The second-order valence-electron chi connectivity index (χ2n) is 4.40. The number of carboxylic acid groups (broad SMARTS) is 1. The van der Waals surface area contributed by atoms with Crippen LogP contribution in [0.3, 0.4) is 0 Å². The highest BCUT2D eigenvalue weighted by atomic mass is 16.5. The van der Waals surface area contributed by atoms with Gasteiger partial charge in [-0.05, 0) is 24.6 Å². The van der Waals surface area contributed by atoms with Gasteiger partial charge in [0.1, 0.15) is 16.9 Å². The van der Waals surface area contributed by atoms with Gasteiger partial charge in [0.25, 0.3) is 0 Å². The number of hydrogen-bond acceptors (Lipinski definition) is 4. The predicted octanol–water partition coefficient (Wildman–Crippen LogP) is 1.36. The van der Waals surface area contributed by atoms with E-state index in [0.717, 1.165) is 5.56 Å². The molecule has 1 aliphatic rings. The number of rotatable bonds is 4. The van der Waals surface area contributed by atoms with Crippen molar-refractivity contribution in [1.29, 1.82) is 0 Å². The van der Waals surface area contributed by atoms with Crippen LogP contribution in [0.5, 0.6) is 11.5 Å². The summed E-state index contributed by atoms with van der Waals surface area (Å²) in [6, 6.07) is 3.52. The van der Waals surface area contributed by atoms with E-state index >= 15 is 0 Å². The Morgan fingerprint density at radius 2 is 1.89 bits per heavy atom. The van der Waals surface area contributed by atoms with E-state index in [4.69, 9.17) is 14.2 Å². The third-order valence-electron chi connectivity index (χ3n) is 3.34. The minimum absolute atomic E-state index is 0.158. The molecule has 0 radical (unpaired) electrons. The standard InChI is InChI=1S/C13H16O5/c1-8-4-11(17-3)9(5-10(8)16-2)13(12(14)15)6-18-7-13/h4-5H,6-7H2,1-3H3,(H,14,15). The molecule has 0 spiro atoms. The molecular weight excluding hydrogens is 236 g/mol. The Kier molecular flexibility index (Phi) is 3.17. The van der Waals surface area contributed by atoms with Crippen LogP contribution in [-0.4, -0.2) is 38.5 Å². The van der Waals surface area contributed by atoms with Gasteiger partial charge in [0.05, 0.1) is 27.4 Å². The molecule has 1 aromatic carbocycles. The zero-order valence-electron chi connectivity index (χ0n) is 10.6. The molecule has 1 N–H and O–H groups in total. The van der Waals surface area contributed by atoms with Crippen molar-refractivity contribution in [3.05, 3.63) is 23.3 Å². The van der Waals surface area contributed by atoms with Crippen LogP contribution in [0, 0.1) is 6.92 Å². The molecule has 1 aliphatic heterocycles. The fraction of sp³-hybridized carbons (Fsp3) is 0.462. The Bertz CT molecular complexity index is 477. The molecule has 0 amide bonds. The van der Waals surface area contributed by atoms with Gasteiger partial charge in [-0.3, -0.25) is 4.79 Å². The van der Waals surface area contributed by atoms with E-state index in [-0.39, 0.29) is 13.2 Å². The molecule has 5 nitrogen and oxygen atoms in total. The summed E-state index contributed by atoms with van der Waals surface area (Å²) in [6.45, 7) is 2.20. The first-order chi connectivity index (χ1) is 8.55. The van der Waals surface area contributed by atoms with E-state index < -0.39 is 11.4 Å². The van der Waals surface area contributed by atoms with Crippen molar-refractivity contribution in [3.8, 4) is 11.5 Å². The van der Waals surface area contributed by atoms with Gasteiger partial charge in [0, 0.05) is 5.56 Å². The fourth-order valence-electron chi connectivity index (χ4n) is 2.12. The van der Waals surface area contributed by atoms with Crippen LogP contribution >= 0.6 is 0 Å². The lowest BCUT2D eigenvalue weighted by Gasteiger charge is -2.38. The van der Waals surface area contributed by atoms with Crippen molar-refractivity contribution >= 4 is 5.97 Å². The number of methoxy groups -OCH3 is 2. The van der Waals surface area contributed by atoms with Crippen molar-refractivity contribution in [2.24, 2.45) is 0 Å². The Balaban J connectivity index is 2.58. The van der Waals surface area contributed by atoms with E-state index in [9.17, 15) is 9.90 Å². The molecule has 0 aromatic heterocycles. The second kappa shape index (κ2) is 4.49. The number of aryl methyl sites for hydroxylation is 1. The molecule has 98 valence electrons. The topological polar surface area (TPSA) is 65.0 Å². The predicted molar refractivity (Wildman–Crippen MR) is 64.4 cm³/mol. The number of carbonyl (C=O) groups is 1. The maximum Gasteiger partial charge on any atom is 0.319 e. The van der Waals surface area contributed by atoms with Gasteiger partial charge in [-0.15, -0.1) is 0 Å². The number of ether oxygens (including phenoxy) is 3. The summed E-state index contributed by atoms with van der Waals surface area (Å²) < 4.78 is 15.6. The molecule has 5 heteroatoms. The molecule has 1 saturated heterocycles. The summed E-state index contributed by atoms with van der Waals surface area (Å²) in [5.74, 6) is 0.301. The van der Waals surface area contributed by atoms with Gasteiger partial charge in [0.2, 0.25) is 0 Å². The average molecular weight is 252 g/mol. The van der Waals surface area contributed by atoms with E-state index in [1.54, 1.807) is 19.2 Å². The quantitative estimate of drug-likeness (QED) is 0.876. The highest BCUT2D eigenvalue weighted by molar-refractivity contribution is 5.84. The number of hydrogen-bond donors (Lipinski definition) is 1. The first kappa shape index (κ1) is 12.7. The van der Waals surface area contributed by atoms with E-state index in [1.165, 1.54) is 7.11 Å². The Labute approximate surface area is 105 Å². The third-order valence-corrected chi connectivity index (χ3v) is 3.34. The first-order valence-corrected chi connectivity index (χ1v) is 5.59. The fourth-order valence-corrected chi connectivity index (χ4v) is 2.12. The number of carboxylic acids is 1. The summed E-state index contributed by atoms with van der Waals surface area (Å²) in [5.41, 5.74) is 0.483. The maximum atomic E-state index is 11.5. The van der Waals surface area contributed by atoms with Gasteiger partial charge in [-0.1, -0.05) is 0 Å². The highest BCUT2D eigenvalue weighted by Gasteiger charge is 2.50. The molecule has 0 atom stereocenters. The molecule has 2 rings (SSSR count). The third kappa shape index (κ3) is 1.71. The molecule has 0 unspecified atom stereocenters. The van der Waals surface area contributed by atoms with E-state index in [2.05, 4.69) is 0 Å². The van der Waals surface area contributed by atoms with Gasteiger partial charge in [0.15, 0.2) is 0 Å². The van der Waals surface area contributed by atoms with Crippen LogP contribution in [0.25, 0.3) is 0 Å². The van der Waals surface area contributed by atoms with Crippen molar-refractivity contribution in [1.82, 2.24) is 0 Å². The summed E-state index contributed by atoms with van der Waals surface area (Å²) in [5, 5.41) is 9.41. The minimum Gasteiger partial charge on any atom is -0.496 e. The monoisotopic (exact) mass is 252 g/mol. The SMILES string of the molecule is COc1cc(C2(C(=O)O)COC2)c(OC)cc1C. The summed E-state index contributed by atoms with van der Waals surface area (Å²) in [7, 11) is 3.09. The zero-order valence-corrected chi connectivity index (χ0v) is 10.6. The van der Waals surface area contributed by atoms with Crippen LogP contribution in [0.1, 0.15) is 11.1 Å². The van der Waals surface area contributed by atoms with E-state index in [1.807, 2.05) is 6.92 Å². The van der Waals surface area contributed by atoms with Crippen molar-refractivity contribution in [3.63, 3.8) is 0 Å². The van der Waals surface area contributed by atoms with E-state index in [0.29, 0.717) is 17.1 Å². The molecule has 0 saturated carbocycles. The lowest BCUT2D eigenvalue weighted by atomic mass is 9.77. The van der Waals surface area contributed by atoms with Gasteiger partial charge in [-0.2, -0.15) is 0 Å². The highest BCUT2D eigenvalue weighted by Crippen LogP contribution is 2.41. The van der Waals surface area contributed by atoms with Gasteiger partial charge < -0.3 is 19.3 Å². The normalized spacial score (nSPS) is 16.8. The molecule has 1 heterocycles. The summed E-state index contributed by atoms with van der Waals surface area (Å²) in [6.07, 6.45) is 0. The Hall–Kier alpha value is -1.75. The van der Waals surface area contributed by atoms with Crippen LogP contribution in [-0.2, 0) is 14.9 Å². The molecular formula is C13H16O5.